The number of nitrogens with zero attached hydrogens (tertiary/aromatic N) is 1. The Hall–Kier alpha value is -1.42. The van der Waals surface area contributed by atoms with Gasteiger partial charge in [0, 0.05) is 36.5 Å². The maximum Gasteiger partial charge on any atom is 0.137 e. The number of piperidine rings is 1. The number of nitrogens with one attached hydrogen (secondary N) is 1. The lowest BCUT2D eigenvalue weighted by molar-refractivity contribution is -0.118. The highest BCUT2D eigenvalue weighted by Gasteiger charge is 2.15. The molecule has 3 N–H and O–H groups in total. The smallest absolute Gasteiger partial charge is 0.137 e. The first-order chi connectivity index (χ1) is 8.75. The molecule has 0 bridgehead atoms. The van der Waals surface area contributed by atoms with E-state index in [9.17, 15) is 4.79 Å². The number of carbonyl (C=O) groups excluding carboxylic acids is 1. The van der Waals surface area contributed by atoms with Gasteiger partial charge >= 0.3 is 0 Å². The van der Waals surface area contributed by atoms with Crippen LogP contribution in [0, 0.1) is 5.92 Å². The summed E-state index contributed by atoms with van der Waals surface area (Å²) < 4.78 is 0. The molecule has 0 spiro atoms. The van der Waals surface area contributed by atoms with Gasteiger partial charge in [0.25, 0.3) is 0 Å². The van der Waals surface area contributed by atoms with Crippen molar-refractivity contribution in [2.24, 2.45) is 5.92 Å². The van der Waals surface area contributed by atoms with Gasteiger partial charge in [-0.15, -0.1) is 0 Å². The molecular formula is C14H21N3O. The highest BCUT2D eigenvalue weighted by molar-refractivity contribution is 5.82. The minimum atomic E-state index is 0.272. The number of hydrogen-bond donors (Lipinski definition) is 2. The minimum Gasteiger partial charge on any atom is -0.398 e. The second kappa shape index (κ2) is 6.50. The highest BCUT2D eigenvalue weighted by Crippen LogP contribution is 2.19. The van der Waals surface area contributed by atoms with Crippen LogP contribution >= 0.6 is 0 Å². The zero-order valence-corrected chi connectivity index (χ0v) is 10.7. The first-order valence-corrected chi connectivity index (χ1v) is 6.66. The fourth-order valence-electron chi connectivity index (χ4n) is 2.42. The summed E-state index contributed by atoms with van der Waals surface area (Å²) in [6, 6.07) is 1.75. The summed E-state index contributed by atoms with van der Waals surface area (Å²) in [7, 11) is 0. The van der Waals surface area contributed by atoms with E-state index in [1.165, 1.54) is 12.8 Å². The molecule has 1 aliphatic heterocycles. The van der Waals surface area contributed by atoms with Gasteiger partial charge < -0.3 is 11.1 Å². The molecule has 4 nitrogen and oxygen atoms in total. The van der Waals surface area contributed by atoms with Crippen molar-refractivity contribution in [2.45, 2.75) is 32.1 Å². The van der Waals surface area contributed by atoms with Crippen molar-refractivity contribution < 1.29 is 4.79 Å². The fourth-order valence-corrected chi connectivity index (χ4v) is 2.42. The molecule has 18 heavy (non-hydrogen) atoms. The van der Waals surface area contributed by atoms with Gasteiger partial charge in [-0.1, -0.05) is 0 Å². The standard InChI is InChI=1S/C14H21N3O/c15-14-5-8-17-10-12(14)9-13(18)2-1-11-3-6-16-7-4-11/h5,8,10-11,16H,1-4,6-7,9H2,(H2,15,17). The van der Waals surface area contributed by atoms with Crippen LogP contribution in [0.15, 0.2) is 18.5 Å². The third-order valence-electron chi connectivity index (χ3n) is 3.62. The van der Waals surface area contributed by atoms with Crippen LogP contribution in [-0.4, -0.2) is 23.9 Å². The van der Waals surface area contributed by atoms with Gasteiger partial charge in [-0.05, 0) is 44.3 Å². The number of ketones is 1. The molecule has 0 unspecified atom stereocenters. The van der Waals surface area contributed by atoms with E-state index in [2.05, 4.69) is 10.3 Å². The zero-order valence-electron chi connectivity index (χ0n) is 10.7. The Labute approximate surface area is 108 Å². The number of pyridine rings is 1. The molecule has 0 saturated carbocycles. The van der Waals surface area contributed by atoms with Crippen LogP contribution in [0.2, 0.25) is 0 Å². The average Bonchev–Trinajstić information content (AvgIpc) is 2.40. The molecular weight excluding hydrogens is 226 g/mol. The Morgan fingerprint density at radius 2 is 2.22 bits per heavy atom. The lowest BCUT2D eigenvalue weighted by Crippen LogP contribution is -2.28. The number of rotatable bonds is 5. The van der Waals surface area contributed by atoms with E-state index in [0.717, 1.165) is 25.1 Å². The quantitative estimate of drug-likeness (QED) is 0.828. The molecule has 0 aromatic carbocycles. The predicted molar refractivity (Wildman–Crippen MR) is 72.2 cm³/mol. The van der Waals surface area contributed by atoms with Crippen LogP contribution in [0.25, 0.3) is 0 Å². The van der Waals surface area contributed by atoms with Crippen LogP contribution in [0.5, 0.6) is 0 Å². The van der Waals surface area contributed by atoms with Gasteiger partial charge in [0.1, 0.15) is 5.78 Å². The summed E-state index contributed by atoms with van der Waals surface area (Å²) >= 11 is 0. The topological polar surface area (TPSA) is 68.0 Å². The first kappa shape index (κ1) is 13.0. The van der Waals surface area contributed by atoms with Crippen molar-refractivity contribution in [3.63, 3.8) is 0 Å². The van der Waals surface area contributed by atoms with Crippen molar-refractivity contribution in [1.29, 1.82) is 0 Å². The Kier molecular flexibility index (Phi) is 4.70. The van der Waals surface area contributed by atoms with Crippen molar-refractivity contribution >= 4 is 11.5 Å². The summed E-state index contributed by atoms with van der Waals surface area (Å²) in [6.45, 7) is 2.18. The first-order valence-electron chi connectivity index (χ1n) is 6.66. The predicted octanol–water partition coefficient (Wildman–Crippen LogP) is 1.56. The maximum atomic E-state index is 11.9. The summed E-state index contributed by atoms with van der Waals surface area (Å²) in [6.07, 6.45) is 7.84. The number of anilines is 1. The molecule has 1 aliphatic rings. The summed E-state index contributed by atoms with van der Waals surface area (Å²) in [5.74, 6) is 0.981. The van der Waals surface area contributed by atoms with Crippen molar-refractivity contribution in [2.75, 3.05) is 18.8 Å². The van der Waals surface area contributed by atoms with Crippen molar-refractivity contribution in [3.05, 3.63) is 24.0 Å². The van der Waals surface area contributed by atoms with Crippen LogP contribution in [0.1, 0.15) is 31.2 Å². The van der Waals surface area contributed by atoms with E-state index in [4.69, 9.17) is 5.73 Å². The number of carbonyl (C=O) groups is 1. The second-order valence-corrected chi connectivity index (χ2v) is 5.02. The number of nitrogen functional groups attached to an aromatic ring is 1. The van der Waals surface area contributed by atoms with E-state index >= 15 is 0 Å². The number of nitrogens with two attached hydrogens (primary N) is 1. The normalized spacial score (nSPS) is 16.7. The monoisotopic (exact) mass is 247 g/mol. The average molecular weight is 247 g/mol. The van der Waals surface area contributed by atoms with E-state index in [1.807, 2.05) is 0 Å². The third kappa shape index (κ3) is 3.81. The number of aromatic nitrogens is 1. The van der Waals surface area contributed by atoms with E-state index in [-0.39, 0.29) is 5.78 Å². The summed E-state index contributed by atoms with van der Waals surface area (Å²) in [5, 5.41) is 3.34. The molecule has 0 amide bonds. The van der Waals surface area contributed by atoms with Crippen molar-refractivity contribution in [3.8, 4) is 0 Å². The van der Waals surface area contributed by atoms with Gasteiger partial charge in [0.05, 0.1) is 0 Å². The number of Topliss-reactive ketones (excluding diaryl/α,β-unsaturated/α-hetero) is 1. The zero-order chi connectivity index (χ0) is 12.8. The molecule has 1 aromatic heterocycles. The fraction of sp³-hybridized carbons (Fsp3) is 0.571. The third-order valence-corrected chi connectivity index (χ3v) is 3.62. The minimum absolute atomic E-state index is 0.272. The maximum absolute atomic E-state index is 11.9. The lowest BCUT2D eigenvalue weighted by atomic mass is 9.91. The largest absolute Gasteiger partial charge is 0.398 e. The summed E-state index contributed by atoms with van der Waals surface area (Å²) in [5.41, 5.74) is 7.33. The molecule has 98 valence electrons. The molecule has 0 aliphatic carbocycles. The van der Waals surface area contributed by atoms with Crippen LogP contribution in [-0.2, 0) is 11.2 Å². The van der Waals surface area contributed by atoms with Crippen molar-refractivity contribution in [1.82, 2.24) is 10.3 Å². The van der Waals surface area contributed by atoms with Gasteiger partial charge in [0.15, 0.2) is 0 Å². The van der Waals surface area contributed by atoms with Gasteiger partial charge in [0.2, 0.25) is 0 Å². The molecule has 0 atom stereocenters. The van der Waals surface area contributed by atoms with E-state index < -0.39 is 0 Å². The molecule has 1 saturated heterocycles. The highest BCUT2D eigenvalue weighted by atomic mass is 16.1. The Morgan fingerprint density at radius 3 is 2.94 bits per heavy atom. The Morgan fingerprint density at radius 1 is 1.44 bits per heavy atom. The van der Waals surface area contributed by atoms with Crippen LogP contribution in [0.3, 0.4) is 0 Å². The molecule has 1 aromatic rings. The second-order valence-electron chi connectivity index (χ2n) is 5.02. The number of hydrogen-bond acceptors (Lipinski definition) is 4. The molecule has 2 rings (SSSR count). The Bertz CT molecular complexity index is 400. The van der Waals surface area contributed by atoms with Gasteiger partial charge in [-0.3, -0.25) is 9.78 Å². The molecule has 1 fully saturated rings. The van der Waals surface area contributed by atoms with Crippen LogP contribution < -0.4 is 11.1 Å². The van der Waals surface area contributed by atoms with E-state index in [1.54, 1.807) is 18.5 Å². The molecule has 2 heterocycles. The van der Waals surface area contributed by atoms with Gasteiger partial charge in [-0.2, -0.15) is 0 Å². The lowest BCUT2D eigenvalue weighted by Gasteiger charge is -2.22. The van der Waals surface area contributed by atoms with Crippen LogP contribution in [0.4, 0.5) is 5.69 Å². The van der Waals surface area contributed by atoms with E-state index in [0.29, 0.717) is 24.4 Å². The SMILES string of the molecule is Nc1ccncc1CC(=O)CCC1CCNCC1. The van der Waals surface area contributed by atoms with Gasteiger partial charge in [-0.25, -0.2) is 0 Å². The Balaban J connectivity index is 1.76. The molecule has 0 radical (unpaired) electrons. The molecule has 4 heteroatoms. The summed E-state index contributed by atoms with van der Waals surface area (Å²) in [4.78, 5) is 15.9.